The fourth-order valence-corrected chi connectivity index (χ4v) is 5.07. The lowest BCUT2D eigenvalue weighted by atomic mass is 9.92. The molecule has 9 heteroatoms. The summed E-state index contributed by atoms with van der Waals surface area (Å²) >= 11 is 3.26. The van der Waals surface area contributed by atoms with Gasteiger partial charge in [-0.2, -0.15) is 8.42 Å². The van der Waals surface area contributed by atoms with E-state index in [-0.39, 0.29) is 48.6 Å². The highest BCUT2D eigenvalue weighted by Crippen LogP contribution is 2.57. The van der Waals surface area contributed by atoms with Crippen LogP contribution in [0.1, 0.15) is 26.2 Å². The van der Waals surface area contributed by atoms with E-state index in [4.69, 9.17) is 8.92 Å². The second kappa shape index (κ2) is 8.67. The van der Waals surface area contributed by atoms with Gasteiger partial charge in [-0.3, -0.25) is 13.8 Å². The summed E-state index contributed by atoms with van der Waals surface area (Å²) in [7, 11) is -3.93. The molecule has 1 N–H and O–H groups in total. The summed E-state index contributed by atoms with van der Waals surface area (Å²) in [6.07, 6.45) is 1.86. The Hall–Kier alpha value is -1.55. The standard InChI is InChI=1S/C20H24BrNO6S/c1-3-13-10-20(13,19(24)27-4-2)11-18(23)17-9-15(12-22-17)28-29(25,26)16-7-5-14(21)6-8-16/h3,5-8,13,15,17,22H,1,4,9-12H2,2H3/t13-,15+,17+,20-/m1/s1. The lowest BCUT2D eigenvalue weighted by Crippen LogP contribution is -2.35. The largest absolute Gasteiger partial charge is 0.466 e. The predicted molar refractivity (Wildman–Crippen MR) is 110 cm³/mol. The molecule has 29 heavy (non-hydrogen) atoms. The van der Waals surface area contributed by atoms with Crippen LogP contribution in [0.25, 0.3) is 0 Å². The topological polar surface area (TPSA) is 98.8 Å². The average molecular weight is 486 g/mol. The van der Waals surface area contributed by atoms with Gasteiger partial charge in [0.1, 0.15) is 0 Å². The zero-order chi connectivity index (χ0) is 21.2. The SMILES string of the molecule is C=C[C@@H]1C[C@]1(CC(=O)[C@@H]1C[C@H](OS(=O)(=O)c2ccc(Br)cc2)CN1)C(=O)OCC. The molecule has 3 rings (SSSR count). The van der Waals surface area contributed by atoms with Gasteiger partial charge in [-0.25, -0.2) is 0 Å². The molecule has 0 spiro atoms. The number of nitrogens with one attached hydrogen (secondary N) is 1. The molecule has 2 aliphatic rings. The third kappa shape index (κ3) is 4.79. The van der Waals surface area contributed by atoms with E-state index < -0.39 is 27.7 Å². The summed E-state index contributed by atoms with van der Waals surface area (Å²) < 4.78 is 36.1. The average Bonchev–Trinajstić information content (AvgIpc) is 3.20. The number of Topliss-reactive ketones (excluding diaryl/α,β-unsaturated/α-hetero) is 1. The predicted octanol–water partition coefficient (Wildman–Crippen LogP) is 2.60. The summed E-state index contributed by atoms with van der Waals surface area (Å²) in [5, 5.41) is 3.02. The van der Waals surface area contributed by atoms with Gasteiger partial charge in [0.05, 0.1) is 29.1 Å². The van der Waals surface area contributed by atoms with Crippen LogP contribution in [0.3, 0.4) is 0 Å². The number of hydrogen-bond donors (Lipinski definition) is 1. The van der Waals surface area contributed by atoms with Crippen molar-refractivity contribution in [2.24, 2.45) is 11.3 Å². The number of benzene rings is 1. The summed E-state index contributed by atoms with van der Waals surface area (Å²) in [5.41, 5.74) is -0.834. The van der Waals surface area contributed by atoms with Crippen molar-refractivity contribution in [3.8, 4) is 0 Å². The summed E-state index contributed by atoms with van der Waals surface area (Å²) in [6.45, 7) is 5.95. The first-order chi connectivity index (χ1) is 13.7. The second-order valence-electron chi connectivity index (χ2n) is 7.39. The van der Waals surface area contributed by atoms with Gasteiger partial charge in [0.2, 0.25) is 0 Å². The van der Waals surface area contributed by atoms with Crippen LogP contribution in [0.5, 0.6) is 0 Å². The molecular weight excluding hydrogens is 462 g/mol. The van der Waals surface area contributed by atoms with Gasteiger partial charge in [-0.1, -0.05) is 22.0 Å². The van der Waals surface area contributed by atoms with E-state index in [2.05, 4.69) is 27.8 Å². The van der Waals surface area contributed by atoms with Gasteiger partial charge < -0.3 is 10.1 Å². The molecule has 4 atom stereocenters. The zero-order valence-corrected chi connectivity index (χ0v) is 18.5. The van der Waals surface area contributed by atoms with Crippen LogP contribution in [0, 0.1) is 11.3 Å². The molecule has 1 saturated heterocycles. The highest BCUT2D eigenvalue weighted by molar-refractivity contribution is 9.10. The number of esters is 1. The Morgan fingerprint density at radius 2 is 2.03 bits per heavy atom. The molecule has 0 aromatic heterocycles. The maximum Gasteiger partial charge on any atom is 0.313 e. The van der Waals surface area contributed by atoms with Crippen molar-refractivity contribution in [1.29, 1.82) is 0 Å². The Kier molecular flexibility index (Phi) is 6.62. The number of rotatable bonds is 9. The van der Waals surface area contributed by atoms with Crippen LogP contribution in [-0.2, 0) is 28.6 Å². The van der Waals surface area contributed by atoms with Crippen molar-refractivity contribution in [3.05, 3.63) is 41.4 Å². The van der Waals surface area contributed by atoms with Crippen molar-refractivity contribution < 1.29 is 26.9 Å². The maximum atomic E-state index is 12.8. The van der Waals surface area contributed by atoms with Crippen LogP contribution in [0.2, 0.25) is 0 Å². The minimum atomic E-state index is -3.93. The Labute approximate surface area is 179 Å². The highest BCUT2D eigenvalue weighted by Gasteiger charge is 2.61. The molecule has 158 valence electrons. The van der Waals surface area contributed by atoms with Gasteiger partial charge >= 0.3 is 5.97 Å². The molecule has 1 heterocycles. The van der Waals surface area contributed by atoms with E-state index in [0.29, 0.717) is 6.42 Å². The van der Waals surface area contributed by atoms with Crippen LogP contribution >= 0.6 is 15.9 Å². The molecule has 0 radical (unpaired) electrons. The minimum absolute atomic E-state index is 0.0480. The first-order valence-corrected chi connectivity index (χ1v) is 11.7. The fraction of sp³-hybridized carbons (Fsp3) is 0.500. The quantitative estimate of drug-likeness (QED) is 0.326. The number of allylic oxidation sites excluding steroid dienone is 1. The van der Waals surface area contributed by atoms with E-state index in [0.717, 1.165) is 4.47 Å². The fourth-order valence-electron chi connectivity index (χ4n) is 3.72. The molecule has 1 saturated carbocycles. The number of ketones is 1. The normalized spacial score (nSPS) is 28.7. The van der Waals surface area contributed by atoms with Crippen LogP contribution in [0.4, 0.5) is 0 Å². The van der Waals surface area contributed by atoms with Crippen molar-refractivity contribution in [2.75, 3.05) is 13.2 Å². The smallest absolute Gasteiger partial charge is 0.313 e. The molecule has 1 aromatic carbocycles. The zero-order valence-electron chi connectivity index (χ0n) is 16.1. The van der Waals surface area contributed by atoms with Crippen molar-refractivity contribution >= 4 is 37.8 Å². The van der Waals surface area contributed by atoms with Crippen molar-refractivity contribution in [3.63, 3.8) is 0 Å². The molecule has 1 aliphatic heterocycles. The highest BCUT2D eigenvalue weighted by atomic mass is 79.9. The van der Waals surface area contributed by atoms with Gasteiger partial charge in [-0.05, 0) is 49.9 Å². The summed E-state index contributed by atoms with van der Waals surface area (Å²) in [6, 6.07) is 5.59. The molecule has 0 unspecified atom stereocenters. The molecule has 1 aromatic rings. The molecule has 0 bridgehead atoms. The maximum absolute atomic E-state index is 12.8. The third-order valence-electron chi connectivity index (χ3n) is 5.43. The van der Waals surface area contributed by atoms with Gasteiger partial charge in [0.15, 0.2) is 5.78 Å². The van der Waals surface area contributed by atoms with Gasteiger partial charge in [0.25, 0.3) is 10.1 Å². The third-order valence-corrected chi connectivity index (χ3v) is 7.34. The first kappa shape index (κ1) is 22.1. The Morgan fingerprint density at radius 1 is 1.34 bits per heavy atom. The van der Waals surface area contributed by atoms with Gasteiger partial charge in [-0.15, -0.1) is 6.58 Å². The summed E-state index contributed by atoms with van der Waals surface area (Å²) in [5.74, 6) is -0.590. The Morgan fingerprint density at radius 3 is 2.62 bits per heavy atom. The van der Waals surface area contributed by atoms with E-state index >= 15 is 0 Å². The van der Waals surface area contributed by atoms with E-state index in [9.17, 15) is 18.0 Å². The Balaban J connectivity index is 1.60. The monoisotopic (exact) mass is 485 g/mol. The van der Waals surface area contributed by atoms with Crippen LogP contribution in [-0.4, -0.2) is 45.5 Å². The number of carbonyl (C=O) groups is 2. The number of carbonyl (C=O) groups excluding carboxylic acids is 2. The number of halogens is 1. The second-order valence-corrected chi connectivity index (χ2v) is 9.88. The van der Waals surface area contributed by atoms with E-state index in [1.807, 2.05) is 0 Å². The first-order valence-electron chi connectivity index (χ1n) is 9.46. The minimum Gasteiger partial charge on any atom is -0.466 e. The molecule has 1 aliphatic carbocycles. The molecule has 7 nitrogen and oxygen atoms in total. The van der Waals surface area contributed by atoms with Crippen molar-refractivity contribution in [2.45, 2.75) is 43.2 Å². The summed E-state index contributed by atoms with van der Waals surface area (Å²) in [4.78, 5) is 25.2. The molecule has 0 amide bonds. The Bertz CT molecular complexity index is 900. The van der Waals surface area contributed by atoms with Crippen LogP contribution < -0.4 is 5.32 Å². The van der Waals surface area contributed by atoms with Crippen LogP contribution in [0.15, 0.2) is 46.3 Å². The molecular formula is C20H24BrNO6S. The molecule has 2 fully saturated rings. The number of hydrogen-bond acceptors (Lipinski definition) is 7. The van der Waals surface area contributed by atoms with Crippen molar-refractivity contribution in [1.82, 2.24) is 5.32 Å². The van der Waals surface area contributed by atoms with E-state index in [1.54, 1.807) is 25.1 Å². The van der Waals surface area contributed by atoms with E-state index in [1.165, 1.54) is 12.1 Å². The van der Waals surface area contributed by atoms with Gasteiger partial charge in [0, 0.05) is 17.4 Å². The number of ether oxygens (including phenoxy) is 1. The lowest BCUT2D eigenvalue weighted by Gasteiger charge is -2.17. The lowest BCUT2D eigenvalue weighted by molar-refractivity contribution is -0.152.